The van der Waals surface area contributed by atoms with Crippen LogP contribution in [0.25, 0.3) is 11.1 Å². The van der Waals surface area contributed by atoms with Crippen molar-refractivity contribution in [2.75, 3.05) is 13.2 Å². The lowest BCUT2D eigenvalue weighted by Crippen LogP contribution is -2.15. The van der Waals surface area contributed by atoms with Gasteiger partial charge in [0.1, 0.15) is 19.5 Å². The molecule has 0 fully saturated rings. The summed E-state index contributed by atoms with van der Waals surface area (Å²) in [6.45, 7) is 3.14. The van der Waals surface area contributed by atoms with E-state index in [4.69, 9.17) is 9.47 Å². The zero-order valence-corrected chi connectivity index (χ0v) is 10.7. The smallest absolute Gasteiger partial charge is 0.161 e. The molecular formula is C16H14O3. The predicted molar refractivity (Wildman–Crippen MR) is 73.0 cm³/mol. The van der Waals surface area contributed by atoms with Crippen molar-refractivity contribution >= 4 is 6.29 Å². The molecule has 0 spiro atoms. The minimum atomic E-state index is 0.573. The largest absolute Gasteiger partial charge is 0.486 e. The van der Waals surface area contributed by atoms with Crippen LogP contribution in [0.5, 0.6) is 11.5 Å². The summed E-state index contributed by atoms with van der Waals surface area (Å²) in [6.07, 6.45) is 0.870. The van der Waals surface area contributed by atoms with Crippen molar-refractivity contribution in [1.82, 2.24) is 0 Å². The fourth-order valence-electron chi connectivity index (χ4n) is 2.27. The summed E-state index contributed by atoms with van der Waals surface area (Å²) in [6, 6.07) is 11.7. The number of aryl methyl sites for hydroxylation is 1. The Morgan fingerprint density at radius 3 is 2.53 bits per heavy atom. The third-order valence-corrected chi connectivity index (χ3v) is 3.11. The van der Waals surface area contributed by atoms with Crippen LogP contribution in [0.4, 0.5) is 0 Å². The number of fused-ring (bicyclic) bond motifs is 1. The van der Waals surface area contributed by atoms with Crippen molar-refractivity contribution in [1.29, 1.82) is 0 Å². The molecule has 0 unspecified atom stereocenters. The van der Waals surface area contributed by atoms with E-state index in [0.29, 0.717) is 18.8 Å². The van der Waals surface area contributed by atoms with E-state index in [0.717, 1.165) is 34.5 Å². The summed E-state index contributed by atoms with van der Waals surface area (Å²) in [5.41, 5.74) is 3.79. The van der Waals surface area contributed by atoms with E-state index in [-0.39, 0.29) is 0 Å². The van der Waals surface area contributed by atoms with Gasteiger partial charge in [0.15, 0.2) is 11.5 Å². The average molecular weight is 254 g/mol. The van der Waals surface area contributed by atoms with E-state index in [1.807, 2.05) is 37.3 Å². The second-order valence-electron chi connectivity index (χ2n) is 4.61. The molecule has 0 radical (unpaired) electrons. The van der Waals surface area contributed by atoms with Gasteiger partial charge in [-0.25, -0.2) is 0 Å². The molecule has 1 heterocycles. The van der Waals surface area contributed by atoms with Crippen molar-refractivity contribution < 1.29 is 14.3 Å². The Kier molecular flexibility index (Phi) is 2.95. The SMILES string of the molecule is Cc1cc(C=O)cc(-c2ccc3c(c2)OCCO3)c1. The predicted octanol–water partition coefficient (Wildman–Crippen LogP) is 3.25. The lowest BCUT2D eigenvalue weighted by Gasteiger charge is -2.19. The second-order valence-corrected chi connectivity index (χ2v) is 4.61. The van der Waals surface area contributed by atoms with Gasteiger partial charge in [0.25, 0.3) is 0 Å². The van der Waals surface area contributed by atoms with Crippen LogP contribution >= 0.6 is 0 Å². The minimum Gasteiger partial charge on any atom is -0.486 e. The first kappa shape index (κ1) is 11.8. The van der Waals surface area contributed by atoms with Crippen molar-refractivity contribution in [3.8, 4) is 22.6 Å². The quantitative estimate of drug-likeness (QED) is 0.772. The maximum absolute atomic E-state index is 10.9. The number of hydrogen-bond acceptors (Lipinski definition) is 3. The molecule has 0 saturated carbocycles. The van der Waals surface area contributed by atoms with Crippen LogP contribution in [0.15, 0.2) is 36.4 Å². The van der Waals surface area contributed by atoms with E-state index in [1.54, 1.807) is 0 Å². The van der Waals surface area contributed by atoms with Crippen molar-refractivity contribution in [3.63, 3.8) is 0 Å². The van der Waals surface area contributed by atoms with E-state index in [2.05, 4.69) is 6.07 Å². The second kappa shape index (κ2) is 4.76. The van der Waals surface area contributed by atoms with Crippen molar-refractivity contribution in [2.45, 2.75) is 6.92 Å². The highest BCUT2D eigenvalue weighted by Crippen LogP contribution is 2.34. The van der Waals surface area contributed by atoms with Crippen LogP contribution in [0.2, 0.25) is 0 Å². The van der Waals surface area contributed by atoms with E-state index < -0.39 is 0 Å². The Labute approximate surface area is 111 Å². The summed E-state index contributed by atoms with van der Waals surface area (Å²) >= 11 is 0. The molecule has 3 rings (SSSR count). The normalized spacial score (nSPS) is 13.1. The summed E-state index contributed by atoms with van der Waals surface area (Å²) < 4.78 is 11.1. The maximum Gasteiger partial charge on any atom is 0.161 e. The van der Waals surface area contributed by atoms with E-state index >= 15 is 0 Å². The summed E-state index contributed by atoms with van der Waals surface area (Å²) in [5, 5.41) is 0. The standard InChI is InChI=1S/C16H14O3/c1-11-6-12(10-17)8-14(7-11)13-2-3-15-16(9-13)19-5-4-18-15/h2-3,6-10H,4-5H2,1H3. The Hall–Kier alpha value is -2.29. The fourth-order valence-corrected chi connectivity index (χ4v) is 2.27. The van der Waals surface area contributed by atoms with Crippen LogP contribution < -0.4 is 9.47 Å². The maximum atomic E-state index is 10.9. The first-order valence-electron chi connectivity index (χ1n) is 6.23. The molecule has 0 amide bonds. The van der Waals surface area contributed by atoms with Crippen molar-refractivity contribution in [2.24, 2.45) is 0 Å². The van der Waals surface area contributed by atoms with Crippen LogP contribution in [0.3, 0.4) is 0 Å². The Bertz CT molecular complexity index is 632. The Balaban J connectivity index is 2.06. The van der Waals surface area contributed by atoms with Gasteiger partial charge in [0.05, 0.1) is 0 Å². The molecular weight excluding hydrogens is 240 g/mol. The van der Waals surface area contributed by atoms with Crippen LogP contribution in [-0.4, -0.2) is 19.5 Å². The molecule has 0 bridgehead atoms. The van der Waals surface area contributed by atoms with Gasteiger partial charge in [-0.2, -0.15) is 0 Å². The van der Waals surface area contributed by atoms with Gasteiger partial charge in [-0.15, -0.1) is 0 Å². The number of ether oxygens (including phenoxy) is 2. The highest BCUT2D eigenvalue weighted by Gasteiger charge is 2.12. The third-order valence-electron chi connectivity index (χ3n) is 3.11. The monoisotopic (exact) mass is 254 g/mol. The van der Waals surface area contributed by atoms with Gasteiger partial charge < -0.3 is 9.47 Å². The molecule has 0 aliphatic carbocycles. The van der Waals surface area contributed by atoms with Crippen LogP contribution in [-0.2, 0) is 0 Å². The molecule has 2 aromatic rings. The Morgan fingerprint density at radius 1 is 0.947 bits per heavy atom. The molecule has 1 aliphatic rings. The molecule has 0 saturated heterocycles. The molecule has 19 heavy (non-hydrogen) atoms. The number of carbonyl (C=O) groups is 1. The molecule has 1 aliphatic heterocycles. The van der Waals surface area contributed by atoms with Crippen molar-refractivity contribution in [3.05, 3.63) is 47.5 Å². The summed E-state index contributed by atoms with van der Waals surface area (Å²) in [4.78, 5) is 10.9. The third kappa shape index (κ3) is 2.32. The number of aldehydes is 1. The first-order chi connectivity index (χ1) is 9.26. The van der Waals surface area contributed by atoms with Crippen LogP contribution in [0, 0.1) is 6.92 Å². The number of carbonyl (C=O) groups excluding carboxylic acids is 1. The van der Waals surface area contributed by atoms with Gasteiger partial charge in [0, 0.05) is 5.56 Å². The number of rotatable bonds is 2. The zero-order chi connectivity index (χ0) is 13.2. The number of benzene rings is 2. The lowest BCUT2D eigenvalue weighted by atomic mass is 10.0. The highest BCUT2D eigenvalue weighted by atomic mass is 16.6. The zero-order valence-electron chi connectivity index (χ0n) is 10.7. The molecule has 3 heteroatoms. The van der Waals surface area contributed by atoms with E-state index in [1.165, 1.54) is 0 Å². The van der Waals surface area contributed by atoms with Gasteiger partial charge in [-0.05, 0) is 47.9 Å². The van der Waals surface area contributed by atoms with Gasteiger partial charge in [-0.3, -0.25) is 4.79 Å². The summed E-state index contributed by atoms with van der Waals surface area (Å²) in [5.74, 6) is 1.54. The Morgan fingerprint density at radius 2 is 1.74 bits per heavy atom. The molecule has 3 nitrogen and oxygen atoms in total. The molecule has 2 aromatic carbocycles. The van der Waals surface area contributed by atoms with Gasteiger partial charge in [-0.1, -0.05) is 12.1 Å². The first-order valence-corrected chi connectivity index (χ1v) is 6.23. The topological polar surface area (TPSA) is 35.5 Å². The lowest BCUT2D eigenvalue weighted by molar-refractivity contribution is 0.112. The molecule has 96 valence electrons. The molecule has 0 atom stereocenters. The molecule has 0 aromatic heterocycles. The molecule has 0 N–H and O–H groups in total. The number of hydrogen-bond donors (Lipinski definition) is 0. The fraction of sp³-hybridized carbons (Fsp3) is 0.188. The van der Waals surface area contributed by atoms with Gasteiger partial charge >= 0.3 is 0 Å². The van der Waals surface area contributed by atoms with E-state index in [9.17, 15) is 4.79 Å². The van der Waals surface area contributed by atoms with Gasteiger partial charge in [0.2, 0.25) is 0 Å². The summed E-state index contributed by atoms with van der Waals surface area (Å²) in [7, 11) is 0. The highest BCUT2D eigenvalue weighted by molar-refractivity contribution is 5.80. The minimum absolute atomic E-state index is 0.573. The van der Waals surface area contributed by atoms with Crippen LogP contribution in [0.1, 0.15) is 15.9 Å². The average Bonchev–Trinajstić information content (AvgIpc) is 2.46.